The number of rotatable bonds is 10. The Morgan fingerprint density at radius 3 is 2.40 bits per heavy atom. The van der Waals surface area contributed by atoms with E-state index in [1.165, 1.54) is 25.7 Å². The van der Waals surface area contributed by atoms with Crippen LogP contribution in [-0.4, -0.2) is 17.7 Å². The van der Waals surface area contributed by atoms with Crippen LogP contribution >= 0.6 is 0 Å². The van der Waals surface area contributed by atoms with Crippen LogP contribution in [0, 0.1) is 0 Å². The fraction of sp³-hybridized carbons (Fsp3) is 0.588. The molecule has 0 fully saturated rings. The van der Waals surface area contributed by atoms with E-state index in [1.807, 2.05) is 24.3 Å². The highest BCUT2D eigenvalue weighted by Crippen LogP contribution is 2.16. The molecule has 0 saturated carbocycles. The normalized spacial score (nSPS) is 12.3. The van der Waals surface area contributed by atoms with E-state index in [-0.39, 0.29) is 0 Å². The number of benzene rings is 1. The van der Waals surface area contributed by atoms with Crippen LogP contribution in [0.25, 0.3) is 0 Å². The minimum Gasteiger partial charge on any atom is -0.481 e. The van der Waals surface area contributed by atoms with Crippen LogP contribution in [0.2, 0.25) is 0 Å². The average molecular weight is 278 g/mol. The maximum atomic E-state index is 10.9. The van der Waals surface area contributed by atoms with Gasteiger partial charge in [0.25, 0.3) is 0 Å². The maximum Gasteiger partial charge on any atom is 0.310 e. The van der Waals surface area contributed by atoms with Gasteiger partial charge in [-0.15, -0.1) is 0 Å². The van der Waals surface area contributed by atoms with E-state index < -0.39 is 11.9 Å². The number of carbonyl (C=O) groups is 1. The molecule has 1 unspecified atom stereocenters. The van der Waals surface area contributed by atoms with Gasteiger partial charge in [0.05, 0.1) is 12.5 Å². The molecular formula is C17H26O3. The lowest BCUT2D eigenvalue weighted by molar-refractivity contribution is -0.138. The molecule has 1 aromatic carbocycles. The quantitative estimate of drug-likeness (QED) is 0.647. The Labute approximate surface area is 122 Å². The standard InChI is InChI=1S/C17H26O3/c1-3-4-5-6-7-12-20-13-15-8-10-16(11-9-15)14(2)17(18)19/h8-11,14H,3-7,12-13H2,1-2H3,(H,18,19). The van der Waals surface area contributed by atoms with E-state index in [1.54, 1.807) is 6.92 Å². The summed E-state index contributed by atoms with van der Waals surface area (Å²) in [7, 11) is 0. The first-order valence-electron chi connectivity index (χ1n) is 7.54. The lowest BCUT2D eigenvalue weighted by Gasteiger charge is -2.08. The van der Waals surface area contributed by atoms with E-state index in [0.29, 0.717) is 6.61 Å². The van der Waals surface area contributed by atoms with Gasteiger partial charge in [0.1, 0.15) is 0 Å². The Balaban J connectivity index is 2.23. The van der Waals surface area contributed by atoms with Crippen molar-refractivity contribution in [2.24, 2.45) is 0 Å². The number of carboxylic acids is 1. The minimum absolute atomic E-state index is 0.455. The van der Waals surface area contributed by atoms with Gasteiger partial charge in [0, 0.05) is 6.61 Å². The molecule has 1 N–H and O–H groups in total. The summed E-state index contributed by atoms with van der Waals surface area (Å²) in [6, 6.07) is 7.65. The second-order valence-corrected chi connectivity index (χ2v) is 5.27. The third kappa shape index (κ3) is 6.20. The lowest BCUT2D eigenvalue weighted by atomic mass is 10.0. The molecule has 20 heavy (non-hydrogen) atoms. The first-order valence-corrected chi connectivity index (χ1v) is 7.54. The highest BCUT2D eigenvalue weighted by molar-refractivity contribution is 5.75. The summed E-state index contributed by atoms with van der Waals surface area (Å²) in [5, 5.41) is 8.94. The third-order valence-electron chi connectivity index (χ3n) is 3.51. The van der Waals surface area contributed by atoms with Crippen LogP contribution in [0.3, 0.4) is 0 Å². The summed E-state index contributed by atoms with van der Waals surface area (Å²) in [5.74, 6) is -1.25. The van der Waals surface area contributed by atoms with E-state index in [4.69, 9.17) is 9.84 Å². The number of carboxylic acid groups (broad SMARTS) is 1. The number of aliphatic carboxylic acids is 1. The predicted octanol–water partition coefficient (Wildman–Crippen LogP) is 4.36. The summed E-state index contributed by atoms with van der Waals surface area (Å²) in [5.41, 5.74) is 1.93. The fourth-order valence-corrected chi connectivity index (χ4v) is 2.04. The van der Waals surface area contributed by atoms with Crippen molar-refractivity contribution in [3.8, 4) is 0 Å². The topological polar surface area (TPSA) is 46.5 Å². The molecule has 0 spiro atoms. The smallest absolute Gasteiger partial charge is 0.310 e. The molecule has 0 heterocycles. The largest absolute Gasteiger partial charge is 0.481 e. The second-order valence-electron chi connectivity index (χ2n) is 5.27. The fourth-order valence-electron chi connectivity index (χ4n) is 2.04. The van der Waals surface area contributed by atoms with Crippen molar-refractivity contribution in [1.29, 1.82) is 0 Å². The molecule has 112 valence electrons. The first-order chi connectivity index (χ1) is 9.65. The Morgan fingerprint density at radius 1 is 1.15 bits per heavy atom. The van der Waals surface area contributed by atoms with Gasteiger partial charge in [-0.3, -0.25) is 4.79 Å². The lowest BCUT2D eigenvalue weighted by Crippen LogP contribution is -2.07. The Bertz CT molecular complexity index is 384. The molecule has 0 amide bonds. The molecule has 1 aromatic rings. The average Bonchev–Trinajstić information content (AvgIpc) is 2.46. The highest BCUT2D eigenvalue weighted by Gasteiger charge is 2.12. The predicted molar refractivity (Wildman–Crippen MR) is 80.9 cm³/mol. The summed E-state index contributed by atoms with van der Waals surface area (Å²) in [6.07, 6.45) is 6.23. The molecule has 1 atom stereocenters. The number of hydrogen-bond donors (Lipinski definition) is 1. The van der Waals surface area contributed by atoms with Crippen LogP contribution in [0.4, 0.5) is 0 Å². The van der Waals surface area contributed by atoms with Crippen molar-refractivity contribution < 1.29 is 14.6 Å². The molecule has 3 heteroatoms. The highest BCUT2D eigenvalue weighted by atomic mass is 16.5. The van der Waals surface area contributed by atoms with Gasteiger partial charge in [-0.2, -0.15) is 0 Å². The van der Waals surface area contributed by atoms with Gasteiger partial charge in [0.15, 0.2) is 0 Å². The maximum absolute atomic E-state index is 10.9. The zero-order chi connectivity index (χ0) is 14.8. The molecule has 0 radical (unpaired) electrons. The third-order valence-corrected chi connectivity index (χ3v) is 3.51. The number of hydrogen-bond acceptors (Lipinski definition) is 2. The van der Waals surface area contributed by atoms with Crippen LogP contribution in [0.15, 0.2) is 24.3 Å². The van der Waals surface area contributed by atoms with E-state index in [0.717, 1.165) is 24.2 Å². The van der Waals surface area contributed by atoms with Crippen molar-refractivity contribution >= 4 is 5.97 Å². The molecule has 0 bridgehead atoms. The molecule has 0 aliphatic carbocycles. The van der Waals surface area contributed by atoms with Crippen LogP contribution in [0.1, 0.15) is 63.0 Å². The molecular weight excluding hydrogens is 252 g/mol. The Kier molecular flexibility index (Phi) is 7.97. The van der Waals surface area contributed by atoms with Gasteiger partial charge in [-0.25, -0.2) is 0 Å². The molecule has 0 aromatic heterocycles. The number of ether oxygens (including phenoxy) is 1. The zero-order valence-corrected chi connectivity index (χ0v) is 12.6. The van der Waals surface area contributed by atoms with Gasteiger partial charge in [0.2, 0.25) is 0 Å². The Hall–Kier alpha value is -1.35. The molecule has 1 rings (SSSR count). The second kappa shape index (κ2) is 9.54. The first kappa shape index (κ1) is 16.7. The summed E-state index contributed by atoms with van der Waals surface area (Å²) in [4.78, 5) is 10.9. The molecule has 0 aliphatic rings. The van der Waals surface area contributed by atoms with Gasteiger partial charge in [-0.05, 0) is 24.5 Å². The van der Waals surface area contributed by atoms with Crippen LogP contribution in [-0.2, 0) is 16.1 Å². The van der Waals surface area contributed by atoms with Crippen molar-refractivity contribution in [3.63, 3.8) is 0 Å². The number of unbranched alkanes of at least 4 members (excludes halogenated alkanes) is 4. The van der Waals surface area contributed by atoms with Crippen molar-refractivity contribution in [2.75, 3.05) is 6.61 Å². The summed E-state index contributed by atoms with van der Waals surface area (Å²) in [6.45, 7) is 5.32. The van der Waals surface area contributed by atoms with E-state index in [9.17, 15) is 4.79 Å². The minimum atomic E-state index is -0.791. The summed E-state index contributed by atoms with van der Waals surface area (Å²) >= 11 is 0. The van der Waals surface area contributed by atoms with Crippen molar-refractivity contribution in [2.45, 2.75) is 58.5 Å². The monoisotopic (exact) mass is 278 g/mol. The van der Waals surface area contributed by atoms with Gasteiger partial charge < -0.3 is 9.84 Å². The van der Waals surface area contributed by atoms with Crippen molar-refractivity contribution in [3.05, 3.63) is 35.4 Å². The SMILES string of the molecule is CCCCCCCOCc1ccc(C(C)C(=O)O)cc1. The van der Waals surface area contributed by atoms with Crippen molar-refractivity contribution in [1.82, 2.24) is 0 Å². The van der Waals surface area contributed by atoms with E-state index in [2.05, 4.69) is 6.92 Å². The molecule has 3 nitrogen and oxygen atoms in total. The Morgan fingerprint density at radius 2 is 1.80 bits per heavy atom. The van der Waals surface area contributed by atoms with Crippen LogP contribution in [0.5, 0.6) is 0 Å². The van der Waals surface area contributed by atoms with Gasteiger partial charge in [-0.1, -0.05) is 56.9 Å². The summed E-state index contributed by atoms with van der Waals surface area (Å²) < 4.78 is 5.63. The van der Waals surface area contributed by atoms with E-state index >= 15 is 0 Å². The molecule has 0 saturated heterocycles. The zero-order valence-electron chi connectivity index (χ0n) is 12.6. The molecule has 0 aliphatic heterocycles. The van der Waals surface area contributed by atoms with Gasteiger partial charge >= 0.3 is 5.97 Å². The van der Waals surface area contributed by atoms with Crippen LogP contribution < -0.4 is 0 Å².